The van der Waals surface area contributed by atoms with E-state index in [9.17, 15) is 10.2 Å². The number of methoxy groups -OCH3 is 2. The Morgan fingerprint density at radius 1 is 0.711 bits per heavy atom. The number of aromatic nitrogens is 6. The summed E-state index contributed by atoms with van der Waals surface area (Å²) in [4.78, 5) is 27.5. The summed E-state index contributed by atoms with van der Waals surface area (Å²) in [6.45, 7) is 4.10. The molecule has 0 aliphatic carbocycles. The van der Waals surface area contributed by atoms with Crippen LogP contribution >= 0.6 is 44.3 Å². The van der Waals surface area contributed by atoms with Gasteiger partial charge in [0.05, 0.1) is 39.5 Å². The van der Waals surface area contributed by atoms with Gasteiger partial charge in [-0.05, 0) is 34.4 Å². The number of aliphatic hydroxyl groups is 2. The maximum atomic E-state index is 9.80. The second-order valence-electron chi connectivity index (χ2n) is 8.17. The molecule has 206 valence electrons. The van der Waals surface area contributed by atoms with Crippen LogP contribution in [-0.2, 0) is 0 Å². The van der Waals surface area contributed by atoms with Gasteiger partial charge in [-0.15, -0.1) is 0 Å². The van der Waals surface area contributed by atoms with Crippen molar-refractivity contribution in [3.63, 3.8) is 0 Å². The molecule has 0 saturated carbocycles. The topological polar surface area (TPSA) is 160 Å². The average Bonchev–Trinajstić information content (AvgIpc) is 3.55. The smallest absolute Gasteiger partial charge is 0.275 e. The van der Waals surface area contributed by atoms with E-state index in [2.05, 4.69) is 44.4 Å². The maximum absolute atomic E-state index is 9.80. The molecule has 4 aromatic heterocycles. The summed E-state index contributed by atoms with van der Waals surface area (Å²) >= 11 is 2.69. The molecule has 4 heterocycles. The first kappa shape index (κ1) is 28.8. The molecule has 16 heteroatoms. The van der Waals surface area contributed by atoms with Crippen molar-refractivity contribution in [3.8, 4) is 10.4 Å². The van der Waals surface area contributed by atoms with Crippen molar-refractivity contribution in [2.24, 2.45) is 0 Å². The van der Waals surface area contributed by atoms with E-state index in [0.717, 1.165) is 35.1 Å². The first-order valence-corrected chi connectivity index (χ1v) is 15.8. The summed E-state index contributed by atoms with van der Waals surface area (Å²) in [5, 5.41) is 28.2. The van der Waals surface area contributed by atoms with Gasteiger partial charge in [-0.3, -0.25) is 0 Å². The molecule has 0 spiro atoms. The van der Waals surface area contributed by atoms with Crippen LogP contribution in [0.15, 0.2) is 10.3 Å². The molecule has 0 amide bonds. The van der Waals surface area contributed by atoms with Crippen LogP contribution in [0, 0.1) is 0 Å². The normalized spacial score (nSPS) is 13.1. The lowest BCUT2D eigenvalue weighted by molar-refractivity contribution is 0.268. The van der Waals surface area contributed by atoms with Crippen molar-refractivity contribution >= 4 is 76.6 Å². The van der Waals surface area contributed by atoms with Crippen LogP contribution in [0.5, 0.6) is 10.4 Å². The molecule has 4 aromatic rings. The molecule has 4 N–H and O–H groups in total. The molecule has 0 aliphatic heterocycles. The van der Waals surface area contributed by atoms with Gasteiger partial charge in [0, 0.05) is 0 Å². The Morgan fingerprint density at radius 3 is 1.47 bits per heavy atom. The molecule has 2 atom stereocenters. The molecular formula is C22H30N8O4S4. The van der Waals surface area contributed by atoms with Gasteiger partial charge in [0.1, 0.15) is 9.40 Å². The number of hydrogen-bond acceptors (Lipinski definition) is 16. The summed E-state index contributed by atoms with van der Waals surface area (Å²) in [5.41, 5.74) is 1.02. The van der Waals surface area contributed by atoms with Crippen molar-refractivity contribution < 1.29 is 19.7 Å². The zero-order valence-electron chi connectivity index (χ0n) is 21.4. The first-order chi connectivity index (χ1) is 18.5. The fourth-order valence-corrected chi connectivity index (χ4v) is 6.69. The van der Waals surface area contributed by atoms with Gasteiger partial charge in [-0.25, -0.2) is 19.9 Å². The van der Waals surface area contributed by atoms with E-state index in [-0.39, 0.29) is 25.3 Å². The highest BCUT2D eigenvalue weighted by atomic mass is 33.1. The Bertz CT molecular complexity index is 1250. The standard InChI is InChI=1S/C22H30N8O4S4/c1-5-7-11(9-31)23-15-13-17(29-21(33-3)35-13)27-19(25-15)37-38-20-26-16(24-12(10-32)8-6-2)14-18(28-20)30-22(34-4)36-14/h11-12,31-32H,5-10H2,1-4H3,(H,23,25,27)(H,24,26,28). The lowest BCUT2D eigenvalue weighted by Gasteiger charge is -2.17. The van der Waals surface area contributed by atoms with Gasteiger partial charge in [0.25, 0.3) is 10.4 Å². The average molecular weight is 599 g/mol. The Labute approximate surface area is 235 Å². The third kappa shape index (κ3) is 6.84. The summed E-state index contributed by atoms with van der Waals surface area (Å²) < 4.78 is 12.1. The van der Waals surface area contributed by atoms with Crippen molar-refractivity contribution in [2.75, 3.05) is 38.1 Å². The van der Waals surface area contributed by atoms with E-state index in [0.29, 0.717) is 43.6 Å². The predicted octanol–water partition coefficient (Wildman–Crippen LogP) is 4.45. The van der Waals surface area contributed by atoms with Crippen LogP contribution in [0.25, 0.3) is 20.7 Å². The predicted molar refractivity (Wildman–Crippen MR) is 154 cm³/mol. The zero-order valence-corrected chi connectivity index (χ0v) is 24.7. The molecule has 12 nitrogen and oxygen atoms in total. The second-order valence-corrected chi connectivity index (χ2v) is 12.2. The van der Waals surface area contributed by atoms with E-state index in [4.69, 9.17) is 19.4 Å². The Kier molecular flexibility index (Phi) is 10.4. The summed E-state index contributed by atoms with van der Waals surface area (Å²) in [6.07, 6.45) is 3.43. The van der Waals surface area contributed by atoms with Crippen molar-refractivity contribution in [3.05, 3.63) is 0 Å². The van der Waals surface area contributed by atoms with Crippen molar-refractivity contribution in [2.45, 2.75) is 61.9 Å². The van der Waals surface area contributed by atoms with Gasteiger partial charge in [0.15, 0.2) is 22.9 Å². The number of fused-ring (bicyclic) bond motifs is 2. The van der Waals surface area contributed by atoms with Crippen LogP contribution in [0.3, 0.4) is 0 Å². The molecular weight excluding hydrogens is 569 g/mol. The fraction of sp³-hybridized carbons (Fsp3) is 0.545. The molecule has 0 aromatic carbocycles. The number of rotatable bonds is 15. The summed E-state index contributed by atoms with van der Waals surface area (Å²) in [7, 11) is 5.70. The number of nitrogens with zero attached hydrogens (tertiary/aromatic N) is 6. The molecule has 0 aliphatic rings. The number of nitrogens with one attached hydrogen (secondary N) is 2. The van der Waals surface area contributed by atoms with Crippen LogP contribution in [0.2, 0.25) is 0 Å². The van der Waals surface area contributed by atoms with E-state index < -0.39 is 0 Å². The Hall–Kier alpha value is -2.24. The Balaban J connectivity index is 1.63. The molecule has 0 radical (unpaired) electrons. The highest BCUT2D eigenvalue weighted by molar-refractivity contribution is 8.76. The maximum Gasteiger partial charge on any atom is 0.275 e. The first-order valence-electron chi connectivity index (χ1n) is 12.1. The molecule has 38 heavy (non-hydrogen) atoms. The van der Waals surface area contributed by atoms with Gasteiger partial charge in [-0.2, -0.15) is 9.97 Å². The molecule has 0 fully saturated rings. The van der Waals surface area contributed by atoms with Crippen LogP contribution in [0.1, 0.15) is 39.5 Å². The van der Waals surface area contributed by atoms with Crippen molar-refractivity contribution in [1.82, 2.24) is 29.9 Å². The number of hydrogen-bond donors (Lipinski definition) is 4. The molecule has 2 unspecified atom stereocenters. The number of aliphatic hydroxyl groups excluding tert-OH is 2. The minimum Gasteiger partial charge on any atom is -0.473 e. The summed E-state index contributed by atoms with van der Waals surface area (Å²) in [6, 6.07) is -0.281. The van der Waals surface area contributed by atoms with E-state index in [1.54, 1.807) is 14.2 Å². The van der Waals surface area contributed by atoms with Crippen molar-refractivity contribution in [1.29, 1.82) is 0 Å². The highest BCUT2D eigenvalue weighted by Gasteiger charge is 2.20. The SMILES string of the molecule is CCCC(CO)Nc1nc(SSc2nc(NC(CO)CCC)c3sc(OC)nc3n2)nc2nc(OC)sc12. The van der Waals surface area contributed by atoms with Crippen LogP contribution < -0.4 is 20.1 Å². The largest absolute Gasteiger partial charge is 0.473 e. The molecule has 4 rings (SSSR count). The van der Waals surface area contributed by atoms with E-state index in [1.807, 2.05) is 0 Å². The van der Waals surface area contributed by atoms with Crippen LogP contribution in [0.4, 0.5) is 11.6 Å². The van der Waals surface area contributed by atoms with Crippen LogP contribution in [-0.4, -0.2) is 79.6 Å². The third-order valence-corrected chi connectivity index (χ3v) is 9.28. The number of thiazole rings is 2. The van der Waals surface area contributed by atoms with E-state index in [1.165, 1.54) is 44.3 Å². The summed E-state index contributed by atoms with van der Waals surface area (Å²) in [5.74, 6) is 1.19. The fourth-order valence-electron chi connectivity index (χ4n) is 3.59. The van der Waals surface area contributed by atoms with Gasteiger partial charge >= 0.3 is 0 Å². The number of anilines is 2. The lowest BCUT2D eigenvalue weighted by atomic mass is 10.2. The second kappa shape index (κ2) is 13.7. The quantitative estimate of drug-likeness (QED) is 0.112. The number of ether oxygens (including phenoxy) is 2. The third-order valence-electron chi connectivity index (χ3n) is 5.36. The highest BCUT2D eigenvalue weighted by Crippen LogP contribution is 2.40. The van der Waals surface area contributed by atoms with E-state index >= 15 is 0 Å². The molecule has 0 saturated heterocycles. The zero-order chi connectivity index (χ0) is 27.1. The van der Waals surface area contributed by atoms with Gasteiger partial charge in [0.2, 0.25) is 10.3 Å². The minimum absolute atomic E-state index is 0.0138. The van der Waals surface area contributed by atoms with Gasteiger partial charge in [-0.1, -0.05) is 49.4 Å². The minimum atomic E-state index is -0.140. The Morgan fingerprint density at radius 2 is 1.13 bits per heavy atom. The van der Waals surface area contributed by atoms with Gasteiger partial charge < -0.3 is 30.3 Å². The monoisotopic (exact) mass is 598 g/mol. The molecule has 0 bridgehead atoms. The lowest BCUT2D eigenvalue weighted by Crippen LogP contribution is -2.24.